The number of fused-ring (bicyclic) bond motifs is 2. The standard InChI is InChI=1S/C23H19N5O/c29-13-21(15-5-2-1-3-6-15)28-23-18-11-16(8-9-20(18)26-14-27-23)19-12-25-22-17(19)7-4-10-24-22/h1-12,14,21,29H,13H2,(H,24,25)(H,26,27,28)/t21-/m0/s1. The highest BCUT2D eigenvalue weighted by Crippen LogP contribution is 2.32. The van der Waals surface area contributed by atoms with E-state index in [-0.39, 0.29) is 12.6 Å². The first-order valence-electron chi connectivity index (χ1n) is 9.43. The van der Waals surface area contributed by atoms with Crippen LogP contribution in [-0.4, -0.2) is 31.6 Å². The van der Waals surface area contributed by atoms with Crippen LogP contribution in [0.4, 0.5) is 5.82 Å². The summed E-state index contributed by atoms with van der Waals surface area (Å²) in [6.45, 7) is -0.0384. The summed E-state index contributed by atoms with van der Waals surface area (Å²) >= 11 is 0. The van der Waals surface area contributed by atoms with Crippen LogP contribution in [-0.2, 0) is 0 Å². The number of aromatic nitrogens is 4. The maximum atomic E-state index is 9.92. The van der Waals surface area contributed by atoms with Crippen molar-refractivity contribution in [2.24, 2.45) is 0 Å². The Bertz CT molecular complexity index is 1280. The number of aliphatic hydroxyl groups is 1. The van der Waals surface area contributed by atoms with Crippen molar-refractivity contribution in [2.45, 2.75) is 6.04 Å². The number of pyridine rings is 1. The summed E-state index contributed by atoms with van der Waals surface area (Å²) in [5.74, 6) is 0.692. The zero-order valence-corrected chi connectivity index (χ0v) is 15.6. The molecule has 0 saturated heterocycles. The lowest BCUT2D eigenvalue weighted by Crippen LogP contribution is -2.16. The highest BCUT2D eigenvalue weighted by atomic mass is 16.3. The third kappa shape index (κ3) is 3.19. The van der Waals surface area contributed by atoms with Crippen LogP contribution in [0.5, 0.6) is 0 Å². The van der Waals surface area contributed by atoms with E-state index in [1.807, 2.05) is 48.7 Å². The Morgan fingerprint density at radius 3 is 2.69 bits per heavy atom. The number of hydrogen-bond acceptors (Lipinski definition) is 5. The second-order valence-electron chi connectivity index (χ2n) is 6.85. The molecule has 3 N–H and O–H groups in total. The van der Waals surface area contributed by atoms with Gasteiger partial charge in [0.25, 0.3) is 0 Å². The molecule has 3 aromatic heterocycles. The van der Waals surface area contributed by atoms with Crippen LogP contribution in [0, 0.1) is 0 Å². The van der Waals surface area contributed by atoms with Gasteiger partial charge in [0.15, 0.2) is 0 Å². The predicted octanol–water partition coefficient (Wildman–Crippen LogP) is 4.32. The van der Waals surface area contributed by atoms with Crippen LogP contribution in [0.2, 0.25) is 0 Å². The first-order valence-corrected chi connectivity index (χ1v) is 9.43. The number of nitrogens with zero attached hydrogens (tertiary/aromatic N) is 3. The van der Waals surface area contributed by atoms with Crippen LogP contribution < -0.4 is 5.32 Å². The molecule has 0 unspecified atom stereocenters. The Morgan fingerprint density at radius 1 is 0.931 bits per heavy atom. The second kappa shape index (κ2) is 7.33. The minimum atomic E-state index is -0.254. The van der Waals surface area contributed by atoms with E-state index in [9.17, 15) is 5.11 Å². The molecule has 3 heterocycles. The van der Waals surface area contributed by atoms with Crippen molar-refractivity contribution in [1.29, 1.82) is 0 Å². The van der Waals surface area contributed by atoms with E-state index in [1.165, 1.54) is 0 Å². The largest absolute Gasteiger partial charge is 0.394 e. The number of H-pyrrole nitrogens is 1. The van der Waals surface area contributed by atoms with Gasteiger partial charge in [-0.25, -0.2) is 15.0 Å². The molecule has 29 heavy (non-hydrogen) atoms. The molecule has 2 aromatic carbocycles. The van der Waals surface area contributed by atoms with Crippen molar-refractivity contribution < 1.29 is 5.11 Å². The summed E-state index contributed by atoms with van der Waals surface area (Å²) in [4.78, 5) is 16.4. The Hall–Kier alpha value is -3.77. The molecule has 142 valence electrons. The highest BCUT2D eigenvalue weighted by Gasteiger charge is 2.14. The van der Waals surface area contributed by atoms with Gasteiger partial charge in [-0.1, -0.05) is 36.4 Å². The molecular weight excluding hydrogens is 362 g/mol. The third-order valence-electron chi connectivity index (χ3n) is 5.09. The van der Waals surface area contributed by atoms with Crippen molar-refractivity contribution in [1.82, 2.24) is 19.9 Å². The summed E-state index contributed by atoms with van der Waals surface area (Å²) in [5, 5.41) is 15.3. The predicted molar refractivity (Wildman–Crippen MR) is 115 cm³/mol. The highest BCUT2D eigenvalue weighted by molar-refractivity contribution is 5.98. The lowest BCUT2D eigenvalue weighted by atomic mass is 10.0. The van der Waals surface area contributed by atoms with Gasteiger partial charge in [-0.2, -0.15) is 0 Å². The summed E-state index contributed by atoms with van der Waals surface area (Å²) in [6, 6.07) is 19.7. The van der Waals surface area contributed by atoms with Gasteiger partial charge in [-0.15, -0.1) is 0 Å². The molecule has 0 fully saturated rings. The van der Waals surface area contributed by atoms with Gasteiger partial charge in [0.1, 0.15) is 17.8 Å². The molecule has 1 atom stereocenters. The lowest BCUT2D eigenvalue weighted by Gasteiger charge is -2.18. The second-order valence-corrected chi connectivity index (χ2v) is 6.85. The fourth-order valence-electron chi connectivity index (χ4n) is 3.62. The summed E-state index contributed by atoms with van der Waals surface area (Å²) < 4.78 is 0. The van der Waals surface area contributed by atoms with Crippen molar-refractivity contribution >= 4 is 27.8 Å². The molecule has 0 spiro atoms. The SMILES string of the molecule is OC[C@H](Nc1ncnc2ccc(-c3c[nH]c4ncccc34)cc12)c1ccccc1. The zero-order valence-electron chi connectivity index (χ0n) is 15.6. The average molecular weight is 381 g/mol. The number of rotatable bonds is 5. The quantitative estimate of drug-likeness (QED) is 0.422. The molecule has 0 amide bonds. The number of anilines is 1. The number of aromatic amines is 1. The normalized spacial score (nSPS) is 12.3. The summed E-state index contributed by atoms with van der Waals surface area (Å²) in [5.41, 5.74) is 4.82. The van der Waals surface area contributed by atoms with Crippen LogP contribution in [0.1, 0.15) is 11.6 Å². The van der Waals surface area contributed by atoms with E-state index in [1.54, 1.807) is 12.5 Å². The van der Waals surface area contributed by atoms with E-state index in [2.05, 4.69) is 43.5 Å². The maximum Gasteiger partial charge on any atom is 0.137 e. The van der Waals surface area contributed by atoms with E-state index in [0.717, 1.165) is 38.6 Å². The van der Waals surface area contributed by atoms with E-state index in [0.29, 0.717) is 5.82 Å². The van der Waals surface area contributed by atoms with E-state index in [4.69, 9.17) is 0 Å². The molecule has 5 rings (SSSR count). The number of hydrogen-bond donors (Lipinski definition) is 3. The molecule has 6 heteroatoms. The smallest absolute Gasteiger partial charge is 0.137 e. The van der Waals surface area contributed by atoms with Crippen LogP contribution in [0.15, 0.2) is 79.4 Å². The molecule has 0 aliphatic carbocycles. The minimum absolute atomic E-state index is 0.0384. The molecule has 0 bridgehead atoms. The van der Waals surface area contributed by atoms with Gasteiger partial charge in [-0.05, 0) is 35.4 Å². The fourth-order valence-corrected chi connectivity index (χ4v) is 3.62. The number of nitrogens with one attached hydrogen (secondary N) is 2. The molecule has 6 nitrogen and oxygen atoms in total. The fraction of sp³-hybridized carbons (Fsp3) is 0.0870. The maximum absolute atomic E-state index is 9.92. The van der Waals surface area contributed by atoms with Crippen LogP contribution in [0.25, 0.3) is 33.1 Å². The van der Waals surface area contributed by atoms with Crippen LogP contribution >= 0.6 is 0 Å². The lowest BCUT2D eigenvalue weighted by molar-refractivity contribution is 0.276. The molecule has 0 radical (unpaired) electrons. The van der Waals surface area contributed by atoms with Crippen molar-refractivity contribution in [3.8, 4) is 11.1 Å². The first kappa shape index (κ1) is 17.3. The van der Waals surface area contributed by atoms with Gasteiger partial charge in [0.05, 0.1) is 18.2 Å². The monoisotopic (exact) mass is 381 g/mol. The summed E-state index contributed by atoms with van der Waals surface area (Å²) in [6.07, 6.45) is 5.28. The van der Waals surface area contributed by atoms with Gasteiger partial charge in [-0.3, -0.25) is 0 Å². The Balaban J connectivity index is 1.59. The Labute approximate surface area is 167 Å². The molecule has 5 aromatic rings. The third-order valence-corrected chi connectivity index (χ3v) is 5.09. The van der Waals surface area contributed by atoms with Gasteiger partial charge in [0.2, 0.25) is 0 Å². The Morgan fingerprint density at radius 2 is 1.83 bits per heavy atom. The number of benzene rings is 2. The van der Waals surface area contributed by atoms with Crippen molar-refractivity contribution in [3.05, 3.63) is 84.9 Å². The molecule has 0 saturated carbocycles. The van der Waals surface area contributed by atoms with Gasteiger partial charge >= 0.3 is 0 Å². The van der Waals surface area contributed by atoms with Crippen LogP contribution in [0.3, 0.4) is 0 Å². The summed E-state index contributed by atoms with van der Waals surface area (Å²) in [7, 11) is 0. The first-order chi connectivity index (χ1) is 14.3. The van der Waals surface area contributed by atoms with E-state index < -0.39 is 0 Å². The molecule has 0 aliphatic heterocycles. The number of aliphatic hydroxyl groups excluding tert-OH is 1. The Kier molecular flexibility index (Phi) is 4.38. The molecular formula is C23H19N5O. The average Bonchev–Trinajstić information content (AvgIpc) is 3.22. The van der Waals surface area contributed by atoms with Crippen molar-refractivity contribution in [3.63, 3.8) is 0 Å². The van der Waals surface area contributed by atoms with E-state index >= 15 is 0 Å². The van der Waals surface area contributed by atoms with Gasteiger partial charge in [0, 0.05) is 28.7 Å². The zero-order chi connectivity index (χ0) is 19.6. The van der Waals surface area contributed by atoms with Gasteiger partial charge < -0.3 is 15.4 Å². The van der Waals surface area contributed by atoms with Crippen molar-refractivity contribution in [2.75, 3.05) is 11.9 Å². The molecule has 0 aliphatic rings. The topological polar surface area (TPSA) is 86.7 Å². The minimum Gasteiger partial charge on any atom is -0.394 e.